The summed E-state index contributed by atoms with van der Waals surface area (Å²) in [5.41, 5.74) is 0. The van der Waals surface area contributed by atoms with E-state index in [1.54, 1.807) is 6.92 Å². The molecule has 0 aliphatic heterocycles. The van der Waals surface area contributed by atoms with Crippen LogP contribution >= 0.6 is 0 Å². The molecule has 0 fully saturated rings. The lowest BCUT2D eigenvalue weighted by Gasteiger charge is -2.07. The number of carbonyl (C=O) groups excluding carboxylic acids is 2. The standard InChI is InChI=1S/C19H30O5/c1-4-6-8-10-12-17(20)23-16-14-22-15(3)19(16)24-18(21)13-11-9-7-5-2/h14H,4-13H2,1-3H3. The van der Waals surface area contributed by atoms with Crippen LogP contribution in [0.5, 0.6) is 11.5 Å². The predicted molar refractivity (Wildman–Crippen MR) is 92.2 cm³/mol. The Balaban J connectivity index is 2.47. The SMILES string of the molecule is CCCCCCC(=O)Oc1coc(C)c1OC(=O)CCCCCC. The molecule has 0 saturated heterocycles. The molecule has 0 bridgehead atoms. The molecule has 0 aliphatic carbocycles. The lowest BCUT2D eigenvalue weighted by atomic mass is 10.1. The first kappa shape index (κ1) is 20.3. The topological polar surface area (TPSA) is 65.7 Å². The summed E-state index contributed by atoms with van der Waals surface area (Å²) in [7, 11) is 0. The van der Waals surface area contributed by atoms with Gasteiger partial charge in [0.25, 0.3) is 0 Å². The highest BCUT2D eigenvalue weighted by atomic mass is 16.6. The van der Waals surface area contributed by atoms with Crippen molar-refractivity contribution in [2.45, 2.75) is 85.0 Å². The van der Waals surface area contributed by atoms with Crippen molar-refractivity contribution < 1.29 is 23.5 Å². The fourth-order valence-electron chi connectivity index (χ4n) is 2.35. The third-order valence-electron chi connectivity index (χ3n) is 3.79. The van der Waals surface area contributed by atoms with E-state index in [1.165, 1.54) is 6.26 Å². The summed E-state index contributed by atoms with van der Waals surface area (Å²) in [4.78, 5) is 23.8. The van der Waals surface area contributed by atoms with E-state index in [9.17, 15) is 9.59 Å². The van der Waals surface area contributed by atoms with Crippen molar-refractivity contribution in [2.75, 3.05) is 0 Å². The van der Waals surface area contributed by atoms with Gasteiger partial charge in [-0.15, -0.1) is 0 Å². The summed E-state index contributed by atoms with van der Waals surface area (Å²) < 4.78 is 15.8. The molecule has 0 spiro atoms. The van der Waals surface area contributed by atoms with Crippen molar-refractivity contribution in [3.8, 4) is 11.5 Å². The van der Waals surface area contributed by atoms with Gasteiger partial charge in [0, 0.05) is 12.8 Å². The van der Waals surface area contributed by atoms with Crippen molar-refractivity contribution >= 4 is 11.9 Å². The zero-order valence-corrected chi connectivity index (χ0v) is 15.2. The van der Waals surface area contributed by atoms with Gasteiger partial charge in [0.15, 0.2) is 0 Å². The number of aryl methyl sites for hydroxylation is 1. The van der Waals surface area contributed by atoms with Crippen LogP contribution in [0.1, 0.15) is 83.8 Å². The lowest BCUT2D eigenvalue weighted by Crippen LogP contribution is -2.11. The van der Waals surface area contributed by atoms with Gasteiger partial charge in [-0.2, -0.15) is 0 Å². The molecule has 1 aromatic rings. The number of hydrogen-bond donors (Lipinski definition) is 0. The molecule has 0 aromatic carbocycles. The second-order valence-electron chi connectivity index (χ2n) is 6.05. The zero-order chi connectivity index (χ0) is 17.8. The van der Waals surface area contributed by atoms with E-state index in [0.717, 1.165) is 51.4 Å². The second kappa shape index (κ2) is 11.7. The predicted octanol–water partition coefficient (Wildman–Crippen LogP) is 5.34. The monoisotopic (exact) mass is 338 g/mol. The zero-order valence-electron chi connectivity index (χ0n) is 15.2. The van der Waals surface area contributed by atoms with Crippen LogP contribution in [0.2, 0.25) is 0 Å². The molecule has 0 N–H and O–H groups in total. The normalized spacial score (nSPS) is 10.6. The van der Waals surface area contributed by atoms with Crippen molar-refractivity contribution in [1.82, 2.24) is 0 Å². The van der Waals surface area contributed by atoms with E-state index in [1.807, 2.05) is 0 Å². The van der Waals surface area contributed by atoms with Crippen LogP contribution in [0.4, 0.5) is 0 Å². The number of rotatable bonds is 12. The molecule has 5 nitrogen and oxygen atoms in total. The molecule has 0 radical (unpaired) electrons. The smallest absolute Gasteiger partial charge is 0.311 e. The second-order valence-corrected chi connectivity index (χ2v) is 6.05. The molecule has 0 aliphatic rings. The average molecular weight is 338 g/mol. The van der Waals surface area contributed by atoms with E-state index < -0.39 is 0 Å². The minimum absolute atomic E-state index is 0.190. The molecule has 0 saturated carbocycles. The largest absolute Gasteiger partial charge is 0.462 e. The summed E-state index contributed by atoms with van der Waals surface area (Å²) in [6.07, 6.45) is 10.1. The molecule has 5 heteroatoms. The minimum atomic E-state index is -0.327. The number of esters is 2. The molecule has 0 amide bonds. The highest BCUT2D eigenvalue weighted by Gasteiger charge is 2.19. The highest BCUT2D eigenvalue weighted by molar-refractivity contribution is 5.76. The Bertz CT molecular complexity index is 504. The molecule has 0 atom stereocenters. The van der Waals surface area contributed by atoms with Crippen molar-refractivity contribution in [3.63, 3.8) is 0 Å². The van der Waals surface area contributed by atoms with Gasteiger partial charge in [-0.25, -0.2) is 0 Å². The average Bonchev–Trinajstić information content (AvgIpc) is 2.89. The van der Waals surface area contributed by atoms with Crippen LogP contribution < -0.4 is 9.47 Å². The molecule has 136 valence electrons. The lowest BCUT2D eigenvalue weighted by molar-refractivity contribution is -0.137. The number of hydrogen-bond acceptors (Lipinski definition) is 5. The Labute approximate surface area is 144 Å². The minimum Gasteiger partial charge on any atom is -0.462 e. The summed E-state index contributed by atoms with van der Waals surface area (Å²) >= 11 is 0. The maximum Gasteiger partial charge on any atom is 0.311 e. The molecular formula is C19H30O5. The van der Waals surface area contributed by atoms with Crippen molar-refractivity contribution in [3.05, 3.63) is 12.0 Å². The van der Waals surface area contributed by atoms with Gasteiger partial charge in [-0.3, -0.25) is 9.59 Å². The Kier molecular flexibility index (Phi) is 9.89. The number of unbranched alkanes of at least 4 members (excludes halogenated alkanes) is 6. The van der Waals surface area contributed by atoms with Gasteiger partial charge in [0.1, 0.15) is 12.0 Å². The van der Waals surface area contributed by atoms with Crippen LogP contribution in [0.25, 0.3) is 0 Å². The fourth-order valence-corrected chi connectivity index (χ4v) is 2.35. The van der Waals surface area contributed by atoms with Gasteiger partial charge in [0.05, 0.1) is 0 Å². The number of furan rings is 1. The fraction of sp³-hybridized carbons (Fsp3) is 0.684. The van der Waals surface area contributed by atoms with E-state index >= 15 is 0 Å². The Morgan fingerprint density at radius 2 is 1.42 bits per heavy atom. The number of carbonyl (C=O) groups is 2. The summed E-state index contributed by atoms with van der Waals surface area (Å²) in [6.45, 7) is 5.92. The highest BCUT2D eigenvalue weighted by Crippen LogP contribution is 2.33. The van der Waals surface area contributed by atoms with Gasteiger partial charge >= 0.3 is 11.9 Å². The molecule has 24 heavy (non-hydrogen) atoms. The Morgan fingerprint density at radius 1 is 0.875 bits per heavy atom. The molecular weight excluding hydrogens is 308 g/mol. The van der Waals surface area contributed by atoms with Gasteiger partial charge in [-0.05, 0) is 19.8 Å². The summed E-state index contributed by atoms with van der Waals surface area (Å²) in [6, 6.07) is 0. The maximum absolute atomic E-state index is 11.9. The third-order valence-corrected chi connectivity index (χ3v) is 3.79. The van der Waals surface area contributed by atoms with Crippen LogP contribution in [-0.2, 0) is 9.59 Å². The van der Waals surface area contributed by atoms with E-state index in [4.69, 9.17) is 13.9 Å². The maximum atomic E-state index is 11.9. The summed E-state index contributed by atoms with van der Waals surface area (Å²) in [5, 5.41) is 0. The Hall–Kier alpha value is -1.78. The van der Waals surface area contributed by atoms with Crippen LogP contribution in [0, 0.1) is 6.92 Å². The van der Waals surface area contributed by atoms with Gasteiger partial charge in [-0.1, -0.05) is 52.4 Å². The van der Waals surface area contributed by atoms with Gasteiger partial charge in [0.2, 0.25) is 11.5 Å². The first-order valence-corrected chi connectivity index (χ1v) is 9.07. The number of ether oxygens (including phenoxy) is 2. The molecule has 1 rings (SSSR count). The first-order valence-electron chi connectivity index (χ1n) is 9.07. The third kappa shape index (κ3) is 7.66. The van der Waals surface area contributed by atoms with Gasteiger partial charge < -0.3 is 13.9 Å². The Morgan fingerprint density at radius 3 is 1.96 bits per heavy atom. The van der Waals surface area contributed by atoms with Crippen molar-refractivity contribution in [1.29, 1.82) is 0 Å². The van der Waals surface area contributed by atoms with Crippen molar-refractivity contribution in [2.24, 2.45) is 0 Å². The van der Waals surface area contributed by atoms with E-state index in [-0.39, 0.29) is 23.4 Å². The molecule has 1 heterocycles. The van der Waals surface area contributed by atoms with Crippen LogP contribution in [0.3, 0.4) is 0 Å². The first-order chi connectivity index (χ1) is 11.6. The van der Waals surface area contributed by atoms with Crippen LogP contribution in [-0.4, -0.2) is 11.9 Å². The molecule has 1 aromatic heterocycles. The summed E-state index contributed by atoms with van der Waals surface area (Å²) in [5.74, 6) is 0.195. The van der Waals surface area contributed by atoms with E-state index in [2.05, 4.69) is 13.8 Å². The quantitative estimate of drug-likeness (QED) is 0.380. The van der Waals surface area contributed by atoms with Crippen LogP contribution in [0.15, 0.2) is 10.7 Å². The molecule has 0 unspecified atom stereocenters. The van der Waals surface area contributed by atoms with E-state index in [0.29, 0.717) is 18.6 Å².